The van der Waals surface area contributed by atoms with Gasteiger partial charge >= 0.3 is 0 Å². The number of aliphatic carboxylic acids is 1. The second-order valence-corrected chi connectivity index (χ2v) is 7.18. The molecule has 0 spiro atoms. The number of carbonyl (C=O) groups is 2. The number of methoxy groups -OCH3 is 2. The van der Waals surface area contributed by atoms with Crippen LogP contribution in [0.4, 0.5) is 0 Å². The molecular formula is C23H24NO7-. The lowest BCUT2D eigenvalue weighted by molar-refractivity contribution is -0.311. The average Bonchev–Trinajstić information content (AvgIpc) is 3.07. The largest absolute Gasteiger partial charge is 0.548 e. The number of rotatable bonds is 9. The van der Waals surface area contributed by atoms with E-state index < -0.39 is 24.7 Å². The first-order chi connectivity index (χ1) is 14.8. The number of aliphatic hydroxyl groups excluding tert-OH is 2. The first-order valence-corrected chi connectivity index (χ1v) is 9.69. The van der Waals surface area contributed by atoms with Crippen LogP contribution in [0.2, 0.25) is 0 Å². The van der Waals surface area contributed by atoms with Crippen molar-refractivity contribution in [3.05, 3.63) is 59.3 Å². The van der Waals surface area contributed by atoms with Crippen molar-refractivity contribution in [1.29, 1.82) is 0 Å². The summed E-state index contributed by atoms with van der Waals surface area (Å²) in [7, 11) is 3.01. The molecule has 164 valence electrons. The summed E-state index contributed by atoms with van der Waals surface area (Å²) in [6.07, 6.45) is -1.54. The first kappa shape index (κ1) is 22.3. The monoisotopic (exact) mass is 426 g/mol. The van der Waals surface area contributed by atoms with Gasteiger partial charge in [-0.3, -0.25) is 4.79 Å². The Morgan fingerprint density at radius 1 is 1.06 bits per heavy atom. The minimum atomic E-state index is -1.43. The van der Waals surface area contributed by atoms with Crippen molar-refractivity contribution >= 4 is 22.7 Å². The molecule has 0 bridgehead atoms. The summed E-state index contributed by atoms with van der Waals surface area (Å²) >= 11 is 0. The predicted molar refractivity (Wildman–Crippen MR) is 111 cm³/mol. The van der Waals surface area contributed by atoms with E-state index in [9.17, 15) is 24.9 Å². The highest BCUT2D eigenvalue weighted by Gasteiger charge is 2.27. The molecule has 0 aliphatic carbocycles. The van der Waals surface area contributed by atoms with Crippen LogP contribution in [0.15, 0.2) is 42.5 Å². The van der Waals surface area contributed by atoms with E-state index in [0.29, 0.717) is 39.2 Å². The standard InChI is InChI=1S/C23H25NO7/c1-13-21(22(27)14-4-6-16(30-2)7-5-14)18-9-8-17(31-3)11-19(18)24(13)20(23(28)29)10-15(26)12-25/h4-9,11,15,20,25-26H,10,12H2,1-3H3,(H,28,29)/p-1. The maximum absolute atomic E-state index is 13.4. The van der Waals surface area contributed by atoms with Crippen LogP contribution < -0.4 is 14.6 Å². The molecule has 2 aromatic carbocycles. The molecule has 0 fully saturated rings. The molecule has 3 rings (SSSR count). The van der Waals surface area contributed by atoms with Gasteiger partial charge in [0.25, 0.3) is 0 Å². The van der Waals surface area contributed by atoms with E-state index in [0.717, 1.165) is 0 Å². The molecule has 0 aliphatic rings. The van der Waals surface area contributed by atoms with Gasteiger partial charge in [-0.15, -0.1) is 0 Å². The highest BCUT2D eigenvalue weighted by molar-refractivity contribution is 6.17. The van der Waals surface area contributed by atoms with E-state index in [2.05, 4.69) is 0 Å². The second-order valence-electron chi connectivity index (χ2n) is 7.18. The third-order valence-corrected chi connectivity index (χ3v) is 5.33. The third-order valence-electron chi connectivity index (χ3n) is 5.33. The maximum atomic E-state index is 13.4. The van der Waals surface area contributed by atoms with E-state index in [4.69, 9.17) is 9.47 Å². The minimum absolute atomic E-state index is 0.281. The van der Waals surface area contributed by atoms with Crippen LogP contribution in [0.5, 0.6) is 11.5 Å². The normalized spacial score (nSPS) is 13.1. The van der Waals surface area contributed by atoms with Crippen LogP contribution in [0.1, 0.15) is 34.1 Å². The molecule has 8 heteroatoms. The SMILES string of the molecule is COc1ccc(C(=O)c2c(C)n(C(CC(O)CO)C(=O)[O-])c3cc(OC)ccc23)cc1. The van der Waals surface area contributed by atoms with Gasteiger partial charge < -0.3 is 34.2 Å². The van der Waals surface area contributed by atoms with Gasteiger partial charge in [0.15, 0.2) is 5.78 Å². The lowest BCUT2D eigenvalue weighted by atomic mass is 10.0. The van der Waals surface area contributed by atoms with Crippen molar-refractivity contribution < 1.29 is 34.4 Å². The van der Waals surface area contributed by atoms with Gasteiger partial charge in [0.2, 0.25) is 0 Å². The Morgan fingerprint density at radius 2 is 1.68 bits per heavy atom. The van der Waals surface area contributed by atoms with Gasteiger partial charge in [0.1, 0.15) is 11.5 Å². The number of benzene rings is 2. The third kappa shape index (κ3) is 4.26. The lowest BCUT2D eigenvalue weighted by Crippen LogP contribution is -2.36. The van der Waals surface area contributed by atoms with Gasteiger partial charge in [-0.25, -0.2) is 0 Å². The predicted octanol–water partition coefficient (Wildman–Crippen LogP) is 1.23. The molecule has 2 unspecified atom stereocenters. The Hall–Kier alpha value is -3.36. The molecule has 0 radical (unpaired) electrons. The number of carboxylic acids is 1. The number of aromatic nitrogens is 1. The summed E-state index contributed by atoms with van der Waals surface area (Å²) in [5, 5.41) is 31.6. The molecule has 0 saturated carbocycles. The number of ketones is 1. The van der Waals surface area contributed by atoms with Crippen molar-refractivity contribution in [2.45, 2.75) is 25.5 Å². The Labute approximate surface area is 179 Å². The fourth-order valence-corrected chi connectivity index (χ4v) is 3.76. The highest BCUT2D eigenvalue weighted by Crippen LogP contribution is 2.34. The Morgan fingerprint density at radius 3 is 2.23 bits per heavy atom. The summed E-state index contributed by atoms with van der Waals surface area (Å²) in [6.45, 7) is 1.05. The number of hydrogen-bond acceptors (Lipinski definition) is 7. The van der Waals surface area contributed by atoms with E-state index >= 15 is 0 Å². The number of carboxylic acid groups (broad SMARTS) is 1. The van der Waals surface area contributed by atoms with Crippen LogP contribution in [0.25, 0.3) is 10.9 Å². The van der Waals surface area contributed by atoms with Crippen molar-refractivity contribution in [2.75, 3.05) is 20.8 Å². The number of aliphatic hydroxyl groups is 2. The van der Waals surface area contributed by atoms with E-state index in [1.807, 2.05) is 0 Å². The van der Waals surface area contributed by atoms with Gasteiger partial charge in [0.05, 0.1) is 50.0 Å². The summed E-state index contributed by atoms with van der Waals surface area (Å²) in [5.41, 5.74) is 1.61. The Balaban J connectivity index is 2.23. The first-order valence-electron chi connectivity index (χ1n) is 9.69. The van der Waals surface area contributed by atoms with Crippen molar-refractivity contribution in [3.8, 4) is 11.5 Å². The van der Waals surface area contributed by atoms with E-state index in [1.165, 1.54) is 18.8 Å². The van der Waals surface area contributed by atoms with Crippen LogP contribution in [-0.2, 0) is 4.79 Å². The van der Waals surface area contributed by atoms with Crippen LogP contribution in [0, 0.1) is 6.92 Å². The molecule has 0 amide bonds. The van der Waals surface area contributed by atoms with Gasteiger partial charge in [-0.1, -0.05) is 0 Å². The lowest BCUT2D eigenvalue weighted by Gasteiger charge is -2.25. The topological polar surface area (TPSA) is 121 Å². The molecule has 31 heavy (non-hydrogen) atoms. The van der Waals surface area contributed by atoms with Gasteiger partial charge in [0, 0.05) is 29.1 Å². The average molecular weight is 426 g/mol. The zero-order valence-corrected chi connectivity index (χ0v) is 17.5. The Bertz CT molecular complexity index is 1100. The molecular weight excluding hydrogens is 402 g/mol. The van der Waals surface area contributed by atoms with Crippen molar-refractivity contribution in [1.82, 2.24) is 4.57 Å². The quantitative estimate of drug-likeness (QED) is 0.494. The highest BCUT2D eigenvalue weighted by atomic mass is 16.5. The van der Waals surface area contributed by atoms with E-state index in [1.54, 1.807) is 49.4 Å². The molecule has 2 N–H and O–H groups in total. The van der Waals surface area contributed by atoms with Gasteiger partial charge in [-0.05, 0) is 43.3 Å². The summed E-state index contributed by atoms with van der Waals surface area (Å²) < 4.78 is 11.9. The minimum Gasteiger partial charge on any atom is -0.548 e. The number of fused-ring (bicyclic) bond motifs is 1. The summed E-state index contributed by atoms with van der Waals surface area (Å²) in [5.74, 6) is -0.627. The van der Waals surface area contributed by atoms with Crippen LogP contribution in [0.3, 0.4) is 0 Å². The molecule has 2 atom stereocenters. The van der Waals surface area contributed by atoms with Crippen LogP contribution in [-0.4, -0.2) is 53.5 Å². The molecule has 8 nitrogen and oxygen atoms in total. The summed E-state index contributed by atoms with van der Waals surface area (Å²) in [4.78, 5) is 25.3. The second kappa shape index (κ2) is 9.20. The van der Waals surface area contributed by atoms with Crippen molar-refractivity contribution in [2.24, 2.45) is 0 Å². The fraction of sp³-hybridized carbons (Fsp3) is 0.304. The number of nitrogens with zero attached hydrogens (tertiary/aromatic N) is 1. The number of carbonyl (C=O) groups excluding carboxylic acids is 2. The number of hydrogen-bond donors (Lipinski definition) is 2. The van der Waals surface area contributed by atoms with Crippen molar-refractivity contribution in [3.63, 3.8) is 0 Å². The van der Waals surface area contributed by atoms with Gasteiger partial charge in [-0.2, -0.15) is 0 Å². The zero-order valence-electron chi connectivity index (χ0n) is 17.5. The molecule has 0 aliphatic heterocycles. The molecule has 1 heterocycles. The zero-order chi connectivity index (χ0) is 22.7. The summed E-state index contributed by atoms with van der Waals surface area (Å²) in [6, 6.07) is 10.3. The fourth-order valence-electron chi connectivity index (χ4n) is 3.76. The smallest absolute Gasteiger partial charge is 0.195 e. The number of ether oxygens (including phenoxy) is 2. The maximum Gasteiger partial charge on any atom is 0.195 e. The molecule has 3 aromatic rings. The van der Waals surface area contributed by atoms with Crippen LogP contribution >= 0.6 is 0 Å². The Kier molecular flexibility index (Phi) is 6.62. The molecule has 1 aromatic heterocycles. The van der Waals surface area contributed by atoms with E-state index in [-0.39, 0.29) is 12.2 Å². The molecule has 0 saturated heterocycles.